The maximum Gasteiger partial charge on any atom is 0.413 e. The van der Waals surface area contributed by atoms with E-state index in [1.807, 2.05) is 36.5 Å². The summed E-state index contributed by atoms with van der Waals surface area (Å²) in [5, 5.41) is 7.01. The van der Waals surface area contributed by atoms with Gasteiger partial charge in [-0.25, -0.2) is 4.79 Å². The minimum Gasteiger partial charge on any atom is -0.410 e. The SMILES string of the molecule is C[C@H]1CCCC[C@H]1NC(=O)[C@H](Cc1c[nH]c2ccccc12)NC(=O)Oc1ccccc1. The highest BCUT2D eigenvalue weighted by atomic mass is 16.6. The van der Waals surface area contributed by atoms with Gasteiger partial charge in [-0.15, -0.1) is 0 Å². The number of fused-ring (bicyclic) bond motifs is 1. The van der Waals surface area contributed by atoms with Crippen LogP contribution in [0.1, 0.15) is 38.2 Å². The Balaban J connectivity index is 1.50. The van der Waals surface area contributed by atoms with Crippen molar-refractivity contribution in [2.45, 2.75) is 51.1 Å². The van der Waals surface area contributed by atoms with E-state index in [1.54, 1.807) is 24.3 Å². The van der Waals surface area contributed by atoms with Crippen LogP contribution in [0.2, 0.25) is 0 Å². The van der Waals surface area contributed by atoms with E-state index in [-0.39, 0.29) is 11.9 Å². The van der Waals surface area contributed by atoms with Crippen LogP contribution in [0.4, 0.5) is 4.79 Å². The van der Waals surface area contributed by atoms with Gasteiger partial charge in [-0.2, -0.15) is 0 Å². The molecule has 6 heteroatoms. The van der Waals surface area contributed by atoms with Crippen LogP contribution >= 0.6 is 0 Å². The van der Waals surface area contributed by atoms with Crippen LogP contribution in [-0.4, -0.2) is 29.1 Å². The van der Waals surface area contributed by atoms with Crippen molar-refractivity contribution in [2.24, 2.45) is 5.92 Å². The van der Waals surface area contributed by atoms with Gasteiger partial charge in [-0.05, 0) is 42.5 Å². The van der Waals surface area contributed by atoms with Crippen molar-refractivity contribution in [3.63, 3.8) is 0 Å². The second kappa shape index (κ2) is 9.69. The molecule has 1 heterocycles. The summed E-state index contributed by atoms with van der Waals surface area (Å²) in [6.45, 7) is 2.18. The Morgan fingerprint density at radius 1 is 1.06 bits per heavy atom. The number of aromatic nitrogens is 1. The Labute approximate surface area is 182 Å². The lowest BCUT2D eigenvalue weighted by atomic mass is 9.85. The van der Waals surface area contributed by atoms with Gasteiger partial charge in [-0.3, -0.25) is 4.79 Å². The highest BCUT2D eigenvalue weighted by molar-refractivity contribution is 5.88. The van der Waals surface area contributed by atoms with E-state index in [1.165, 1.54) is 6.42 Å². The van der Waals surface area contributed by atoms with Gasteiger partial charge in [0.1, 0.15) is 11.8 Å². The predicted molar refractivity (Wildman–Crippen MR) is 121 cm³/mol. The minimum atomic E-state index is -0.732. The summed E-state index contributed by atoms with van der Waals surface area (Å²) in [5.41, 5.74) is 1.98. The number of aromatic amines is 1. The van der Waals surface area contributed by atoms with Gasteiger partial charge in [0.25, 0.3) is 0 Å². The van der Waals surface area contributed by atoms with Crippen molar-refractivity contribution in [3.05, 3.63) is 66.4 Å². The molecule has 31 heavy (non-hydrogen) atoms. The molecule has 0 unspecified atom stereocenters. The molecular formula is C25H29N3O3. The Morgan fingerprint density at radius 3 is 2.61 bits per heavy atom. The number of carbonyl (C=O) groups is 2. The number of benzene rings is 2. The number of ether oxygens (including phenoxy) is 1. The molecule has 1 aliphatic rings. The third-order valence-electron chi connectivity index (χ3n) is 6.10. The van der Waals surface area contributed by atoms with E-state index in [4.69, 9.17) is 4.74 Å². The predicted octanol–water partition coefficient (Wildman–Crippen LogP) is 4.56. The molecule has 0 aliphatic heterocycles. The van der Waals surface area contributed by atoms with Gasteiger partial charge in [-0.1, -0.05) is 56.2 Å². The molecule has 2 amide bonds. The lowest BCUT2D eigenvalue weighted by Gasteiger charge is -2.31. The van der Waals surface area contributed by atoms with Gasteiger partial charge in [0.2, 0.25) is 5.91 Å². The first-order valence-electron chi connectivity index (χ1n) is 11.0. The van der Waals surface area contributed by atoms with Crippen LogP contribution in [-0.2, 0) is 11.2 Å². The fourth-order valence-electron chi connectivity index (χ4n) is 4.31. The molecule has 1 aromatic heterocycles. The quantitative estimate of drug-likeness (QED) is 0.548. The summed E-state index contributed by atoms with van der Waals surface area (Å²) in [4.78, 5) is 29.0. The topological polar surface area (TPSA) is 83.2 Å². The Kier molecular flexibility index (Phi) is 6.55. The van der Waals surface area contributed by atoms with Crippen LogP contribution in [0, 0.1) is 5.92 Å². The minimum absolute atomic E-state index is 0.138. The van der Waals surface area contributed by atoms with Crippen LogP contribution in [0.5, 0.6) is 5.75 Å². The van der Waals surface area contributed by atoms with E-state index < -0.39 is 12.1 Å². The summed E-state index contributed by atoms with van der Waals surface area (Å²) in [6, 6.07) is 16.2. The van der Waals surface area contributed by atoms with E-state index in [0.717, 1.165) is 35.7 Å². The fraction of sp³-hybridized carbons (Fsp3) is 0.360. The van der Waals surface area contributed by atoms with Gasteiger partial charge >= 0.3 is 6.09 Å². The van der Waals surface area contributed by atoms with Gasteiger partial charge < -0.3 is 20.4 Å². The van der Waals surface area contributed by atoms with Gasteiger partial charge in [0, 0.05) is 29.6 Å². The van der Waals surface area contributed by atoms with Crippen molar-refractivity contribution in [2.75, 3.05) is 0 Å². The summed E-state index contributed by atoms with van der Waals surface area (Å²) in [5.74, 6) is 0.698. The number of hydrogen-bond acceptors (Lipinski definition) is 3. The molecule has 3 atom stereocenters. The molecule has 4 rings (SSSR count). The molecule has 3 aromatic rings. The third-order valence-corrected chi connectivity index (χ3v) is 6.10. The Hall–Kier alpha value is -3.28. The monoisotopic (exact) mass is 419 g/mol. The van der Waals surface area contributed by atoms with Crippen molar-refractivity contribution < 1.29 is 14.3 Å². The molecule has 2 aromatic carbocycles. The highest BCUT2D eigenvalue weighted by Gasteiger charge is 2.28. The molecule has 0 bridgehead atoms. The summed E-state index contributed by atoms with van der Waals surface area (Å²) >= 11 is 0. The third kappa shape index (κ3) is 5.26. The van der Waals surface area contributed by atoms with Gasteiger partial charge in [0.05, 0.1) is 0 Å². The average Bonchev–Trinajstić information content (AvgIpc) is 3.18. The van der Waals surface area contributed by atoms with E-state index in [0.29, 0.717) is 18.1 Å². The van der Waals surface area contributed by atoms with Crippen LogP contribution in [0.15, 0.2) is 60.8 Å². The zero-order chi connectivity index (χ0) is 21.6. The van der Waals surface area contributed by atoms with Crippen molar-refractivity contribution in [3.8, 4) is 5.75 Å². The zero-order valence-electron chi connectivity index (χ0n) is 17.8. The summed E-state index contributed by atoms with van der Waals surface area (Å²) < 4.78 is 5.37. The standard InChI is InChI=1S/C25H29N3O3/c1-17-9-5-7-13-21(17)27-24(29)23(28-25(30)31-19-10-3-2-4-11-19)15-18-16-26-22-14-8-6-12-20(18)22/h2-4,6,8,10-12,14,16-17,21,23,26H,5,7,9,13,15H2,1H3,(H,27,29)(H,28,30)/t17-,21+,23-/m0/s1. The normalized spacial score (nSPS) is 19.5. The van der Waals surface area contributed by atoms with E-state index in [2.05, 4.69) is 22.5 Å². The number of H-pyrrole nitrogens is 1. The number of carbonyl (C=O) groups excluding carboxylic acids is 2. The summed E-state index contributed by atoms with van der Waals surface area (Å²) in [7, 11) is 0. The van der Waals surface area contributed by atoms with Crippen LogP contribution in [0.3, 0.4) is 0 Å². The number of hydrogen-bond donors (Lipinski definition) is 3. The second-order valence-corrected chi connectivity index (χ2v) is 8.34. The maximum absolute atomic E-state index is 13.2. The first kappa shape index (κ1) is 21.0. The lowest BCUT2D eigenvalue weighted by Crippen LogP contribution is -2.53. The largest absolute Gasteiger partial charge is 0.413 e. The average molecular weight is 420 g/mol. The lowest BCUT2D eigenvalue weighted by molar-refractivity contribution is -0.124. The molecule has 162 valence electrons. The molecule has 1 saturated carbocycles. The van der Waals surface area contributed by atoms with E-state index in [9.17, 15) is 9.59 Å². The fourth-order valence-corrected chi connectivity index (χ4v) is 4.31. The first-order valence-corrected chi connectivity index (χ1v) is 11.0. The number of para-hydroxylation sites is 2. The number of amides is 2. The number of nitrogens with one attached hydrogen (secondary N) is 3. The van der Waals surface area contributed by atoms with Crippen molar-refractivity contribution in [1.29, 1.82) is 0 Å². The summed E-state index contributed by atoms with van der Waals surface area (Å²) in [6.07, 6.45) is 6.05. The molecule has 6 nitrogen and oxygen atoms in total. The molecular weight excluding hydrogens is 390 g/mol. The zero-order valence-corrected chi connectivity index (χ0v) is 17.8. The molecule has 0 spiro atoms. The number of rotatable bonds is 6. The first-order chi connectivity index (χ1) is 15.1. The van der Waals surface area contributed by atoms with Crippen LogP contribution in [0.25, 0.3) is 10.9 Å². The highest BCUT2D eigenvalue weighted by Crippen LogP contribution is 2.24. The molecule has 1 aliphatic carbocycles. The maximum atomic E-state index is 13.2. The van der Waals surface area contributed by atoms with Crippen molar-refractivity contribution in [1.82, 2.24) is 15.6 Å². The Bertz CT molecular complexity index is 1030. The molecule has 1 fully saturated rings. The van der Waals surface area contributed by atoms with E-state index >= 15 is 0 Å². The smallest absolute Gasteiger partial charge is 0.410 e. The molecule has 0 radical (unpaired) electrons. The molecule has 3 N–H and O–H groups in total. The Morgan fingerprint density at radius 2 is 1.81 bits per heavy atom. The van der Waals surface area contributed by atoms with Crippen molar-refractivity contribution >= 4 is 22.9 Å². The van der Waals surface area contributed by atoms with Crippen LogP contribution < -0.4 is 15.4 Å². The van der Waals surface area contributed by atoms with Gasteiger partial charge in [0.15, 0.2) is 0 Å². The molecule has 0 saturated heterocycles. The second-order valence-electron chi connectivity index (χ2n) is 8.34.